The standard InChI is InChI=1S/C12H18N4O2/c1-3-13-10-5-4-9(16(17)18)11(15-10)14-8-12(2)6-7-12/h4-5H,3,6-8H2,1-2H3,(H2,13,14,15). The molecule has 1 heterocycles. The van der Waals surface area contributed by atoms with E-state index in [9.17, 15) is 10.1 Å². The van der Waals surface area contributed by atoms with E-state index >= 15 is 0 Å². The van der Waals surface area contributed by atoms with Gasteiger partial charge in [0.25, 0.3) is 0 Å². The van der Waals surface area contributed by atoms with Crippen LogP contribution in [0.15, 0.2) is 12.1 Å². The summed E-state index contributed by atoms with van der Waals surface area (Å²) in [6.07, 6.45) is 2.33. The van der Waals surface area contributed by atoms with Crippen molar-refractivity contribution in [2.45, 2.75) is 26.7 Å². The molecular weight excluding hydrogens is 232 g/mol. The first-order valence-corrected chi connectivity index (χ1v) is 6.17. The second-order valence-corrected chi connectivity index (χ2v) is 5.02. The molecule has 0 bridgehead atoms. The average Bonchev–Trinajstić information content (AvgIpc) is 3.06. The van der Waals surface area contributed by atoms with Gasteiger partial charge in [-0.3, -0.25) is 10.1 Å². The minimum absolute atomic E-state index is 0.0286. The Morgan fingerprint density at radius 3 is 2.72 bits per heavy atom. The maximum atomic E-state index is 10.9. The highest BCUT2D eigenvalue weighted by Gasteiger charge is 2.37. The van der Waals surface area contributed by atoms with Crippen LogP contribution < -0.4 is 10.6 Å². The van der Waals surface area contributed by atoms with Gasteiger partial charge in [0.05, 0.1) is 4.92 Å². The lowest BCUT2D eigenvalue weighted by molar-refractivity contribution is -0.384. The third-order valence-electron chi connectivity index (χ3n) is 3.21. The van der Waals surface area contributed by atoms with Gasteiger partial charge >= 0.3 is 5.69 Å². The van der Waals surface area contributed by atoms with Crippen molar-refractivity contribution in [1.82, 2.24) is 4.98 Å². The van der Waals surface area contributed by atoms with Gasteiger partial charge in [-0.2, -0.15) is 0 Å². The van der Waals surface area contributed by atoms with E-state index in [4.69, 9.17) is 0 Å². The Bertz CT molecular complexity index is 457. The van der Waals surface area contributed by atoms with Crippen LogP contribution in [0.2, 0.25) is 0 Å². The molecule has 2 rings (SSSR count). The van der Waals surface area contributed by atoms with Crippen LogP contribution in [0.25, 0.3) is 0 Å². The zero-order chi connectivity index (χ0) is 13.2. The molecule has 1 saturated carbocycles. The smallest absolute Gasteiger partial charge is 0.311 e. The first kappa shape index (κ1) is 12.6. The van der Waals surface area contributed by atoms with Crippen molar-refractivity contribution >= 4 is 17.3 Å². The van der Waals surface area contributed by atoms with Gasteiger partial charge in [-0.1, -0.05) is 6.92 Å². The Hall–Kier alpha value is -1.85. The van der Waals surface area contributed by atoms with Crippen molar-refractivity contribution in [2.24, 2.45) is 5.41 Å². The predicted molar refractivity (Wildman–Crippen MR) is 70.9 cm³/mol. The molecule has 0 spiro atoms. The molecule has 1 fully saturated rings. The van der Waals surface area contributed by atoms with Gasteiger partial charge in [-0.25, -0.2) is 4.98 Å². The summed E-state index contributed by atoms with van der Waals surface area (Å²) in [6.45, 7) is 5.60. The number of aromatic nitrogens is 1. The van der Waals surface area contributed by atoms with Gasteiger partial charge in [0.2, 0.25) is 5.82 Å². The van der Waals surface area contributed by atoms with E-state index < -0.39 is 4.92 Å². The number of nitrogens with zero attached hydrogens (tertiary/aromatic N) is 2. The Balaban J connectivity index is 2.16. The van der Waals surface area contributed by atoms with Crippen molar-refractivity contribution in [3.63, 3.8) is 0 Å². The number of nitro groups is 1. The van der Waals surface area contributed by atoms with Crippen LogP contribution in [-0.2, 0) is 0 Å². The zero-order valence-corrected chi connectivity index (χ0v) is 10.7. The highest BCUT2D eigenvalue weighted by atomic mass is 16.6. The molecule has 0 aliphatic heterocycles. The van der Waals surface area contributed by atoms with Crippen LogP contribution in [0, 0.1) is 15.5 Å². The molecule has 0 amide bonds. The topological polar surface area (TPSA) is 80.1 Å². The SMILES string of the molecule is CCNc1ccc([N+](=O)[O-])c(NCC2(C)CC2)n1. The molecule has 1 aliphatic rings. The van der Waals surface area contributed by atoms with E-state index in [2.05, 4.69) is 22.5 Å². The van der Waals surface area contributed by atoms with Gasteiger partial charge in [0.1, 0.15) is 5.82 Å². The molecule has 2 N–H and O–H groups in total. The number of rotatable bonds is 6. The van der Waals surface area contributed by atoms with E-state index in [1.807, 2.05) is 6.92 Å². The molecule has 1 aromatic rings. The fourth-order valence-corrected chi connectivity index (χ4v) is 1.70. The van der Waals surface area contributed by atoms with Crippen LogP contribution >= 0.6 is 0 Å². The molecule has 0 aromatic carbocycles. The summed E-state index contributed by atoms with van der Waals surface area (Å²) < 4.78 is 0. The third-order valence-corrected chi connectivity index (χ3v) is 3.21. The lowest BCUT2D eigenvalue weighted by Crippen LogP contribution is -2.14. The first-order chi connectivity index (χ1) is 8.54. The van der Waals surface area contributed by atoms with Gasteiger partial charge in [-0.15, -0.1) is 0 Å². The van der Waals surface area contributed by atoms with Crippen molar-refractivity contribution < 1.29 is 4.92 Å². The van der Waals surface area contributed by atoms with E-state index in [-0.39, 0.29) is 11.1 Å². The first-order valence-electron chi connectivity index (χ1n) is 6.17. The molecule has 1 aromatic heterocycles. The number of hydrogen-bond donors (Lipinski definition) is 2. The summed E-state index contributed by atoms with van der Waals surface area (Å²) in [5.74, 6) is 1.01. The van der Waals surface area contributed by atoms with Gasteiger partial charge in [0, 0.05) is 19.2 Å². The number of anilines is 2. The lowest BCUT2D eigenvalue weighted by Gasteiger charge is -2.12. The van der Waals surface area contributed by atoms with Gasteiger partial charge in [-0.05, 0) is 31.2 Å². The molecule has 0 atom stereocenters. The monoisotopic (exact) mass is 250 g/mol. The number of hydrogen-bond acceptors (Lipinski definition) is 5. The highest BCUT2D eigenvalue weighted by molar-refractivity contribution is 5.60. The van der Waals surface area contributed by atoms with Crippen LogP contribution in [0.5, 0.6) is 0 Å². The largest absolute Gasteiger partial charge is 0.370 e. The van der Waals surface area contributed by atoms with Crippen LogP contribution in [0.1, 0.15) is 26.7 Å². The summed E-state index contributed by atoms with van der Waals surface area (Å²) in [4.78, 5) is 14.8. The molecule has 1 aliphatic carbocycles. The Labute approximate surface area is 106 Å². The molecule has 0 unspecified atom stereocenters. The van der Waals surface area contributed by atoms with Crippen molar-refractivity contribution in [1.29, 1.82) is 0 Å². The van der Waals surface area contributed by atoms with E-state index in [1.54, 1.807) is 6.07 Å². The molecule has 0 radical (unpaired) electrons. The number of pyridine rings is 1. The summed E-state index contributed by atoms with van der Waals surface area (Å²) in [5, 5.41) is 17.1. The summed E-state index contributed by atoms with van der Waals surface area (Å²) in [6, 6.07) is 3.12. The molecule has 0 saturated heterocycles. The maximum Gasteiger partial charge on any atom is 0.311 e. The Kier molecular flexibility index (Phi) is 3.36. The van der Waals surface area contributed by atoms with Crippen molar-refractivity contribution in [3.05, 3.63) is 22.2 Å². The normalized spacial score (nSPS) is 16.1. The van der Waals surface area contributed by atoms with E-state index in [0.29, 0.717) is 11.6 Å². The van der Waals surface area contributed by atoms with Crippen LogP contribution in [0.4, 0.5) is 17.3 Å². The number of nitrogens with one attached hydrogen (secondary N) is 2. The summed E-state index contributed by atoms with van der Waals surface area (Å²) >= 11 is 0. The minimum atomic E-state index is -0.402. The van der Waals surface area contributed by atoms with E-state index in [1.165, 1.54) is 18.9 Å². The summed E-state index contributed by atoms with van der Waals surface area (Å²) in [7, 11) is 0. The van der Waals surface area contributed by atoms with Crippen LogP contribution in [0.3, 0.4) is 0 Å². The Morgan fingerprint density at radius 1 is 1.44 bits per heavy atom. The fourth-order valence-electron chi connectivity index (χ4n) is 1.70. The molecule has 6 heteroatoms. The molecule has 18 heavy (non-hydrogen) atoms. The zero-order valence-electron chi connectivity index (χ0n) is 10.7. The van der Waals surface area contributed by atoms with Crippen LogP contribution in [-0.4, -0.2) is 23.0 Å². The van der Waals surface area contributed by atoms with Crippen molar-refractivity contribution in [3.8, 4) is 0 Å². The average molecular weight is 250 g/mol. The molecule has 98 valence electrons. The van der Waals surface area contributed by atoms with Crippen molar-refractivity contribution in [2.75, 3.05) is 23.7 Å². The maximum absolute atomic E-state index is 10.9. The van der Waals surface area contributed by atoms with E-state index in [0.717, 1.165) is 13.1 Å². The second-order valence-electron chi connectivity index (χ2n) is 5.02. The Morgan fingerprint density at radius 2 is 2.17 bits per heavy atom. The quantitative estimate of drug-likeness (QED) is 0.599. The highest BCUT2D eigenvalue weighted by Crippen LogP contribution is 2.45. The molecular formula is C12H18N4O2. The predicted octanol–water partition coefficient (Wildman–Crippen LogP) is 2.63. The third kappa shape index (κ3) is 2.88. The second kappa shape index (κ2) is 4.80. The van der Waals surface area contributed by atoms with Gasteiger partial charge < -0.3 is 10.6 Å². The fraction of sp³-hybridized carbons (Fsp3) is 0.583. The lowest BCUT2D eigenvalue weighted by atomic mass is 10.1. The minimum Gasteiger partial charge on any atom is -0.370 e. The molecule has 6 nitrogen and oxygen atoms in total. The van der Waals surface area contributed by atoms with Gasteiger partial charge in [0.15, 0.2) is 0 Å². The summed E-state index contributed by atoms with van der Waals surface area (Å²) in [5.41, 5.74) is 0.310.